The van der Waals surface area contributed by atoms with E-state index in [1.807, 2.05) is 18.5 Å². The normalized spacial score (nSPS) is 22.7. The first-order valence-corrected chi connectivity index (χ1v) is 15.4. The molecule has 3 unspecified atom stereocenters. The lowest BCUT2D eigenvalue weighted by Gasteiger charge is -2.37. The van der Waals surface area contributed by atoms with Crippen LogP contribution in [0.4, 0.5) is 20.2 Å². The maximum atomic E-state index is 16.1. The largest absolute Gasteiger partial charge is 0.495 e. The molecule has 3 atom stereocenters. The molecule has 5 rings (SSSR count). The molecule has 41 heavy (non-hydrogen) atoms. The molecule has 0 amide bonds. The molecule has 0 saturated carbocycles. The number of halogens is 2. The second kappa shape index (κ2) is 13.6. The van der Waals surface area contributed by atoms with Gasteiger partial charge >= 0.3 is 0 Å². The second-order valence-electron chi connectivity index (χ2n) is 11.4. The van der Waals surface area contributed by atoms with E-state index < -0.39 is 11.6 Å². The third-order valence-electron chi connectivity index (χ3n) is 8.90. The van der Waals surface area contributed by atoms with Crippen LogP contribution in [0.3, 0.4) is 0 Å². The Balaban J connectivity index is 1.59. The minimum Gasteiger partial charge on any atom is -0.495 e. The molecule has 1 aromatic carbocycles. The fraction of sp³-hybridized carbons (Fsp3) is 0.500. The molecule has 2 N–H and O–H groups in total. The summed E-state index contributed by atoms with van der Waals surface area (Å²) >= 11 is 0. The number of benzene rings is 1. The minimum atomic E-state index is -0.573. The third-order valence-corrected chi connectivity index (χ3v) is 8.90. The summed E-state index contributed by atoms with van der Waals surface area (Å²) in [5.74, 6) is 0.213. The first kappa shape index (κ1) is 29.3. The zero-order valence-electron chi connectivity index (χ0n) is 24.7. The SMILES string of the molecule is CCCCCNc1ccc(F)c(N2C=C(c3cncc(OC)c3)C3C2=CC=C(C2CCCCNCC2)C3CC)c1F. The van der Waals surface area contributed by atoms with E-state index in [-0.39, 0.29) is 17.5 Å². The number of nitrogens with zero attached hydrogens (tertiary/aromatic N) is 2. The number of aromatic nitrogens is 1. The number of fused-ring (bicyclic) bond motifs is 1. The monoisotopic (exact) mass is 562 g/mol. The number of rotatable bonds is 10. The van der Waals surface area contributed by atoms with Crippen molar-refractivity contribution < 1.29 is 13.5 Å². The number of anilines is 2. The maximum absolute atomic E-state index is 16.1. The highest BCUT2D eigenvalue weighted by Gasteiger charge is 2.42. The summed E-state index contributed by atoms with van der Waals surface area (Å²) in [6, 6.07) is 4.86. The lowest BCUT2D eigenvalue weighted by molar-refractivity contribution is 0.370. The van der Waals surface area contributed by atoms with E-state index in [9.17, 15) is 0 Å². The van der Waals surface area contributed by atoms with Gasteiger partial charge in [0.1, 0.15) is 17.3 Å². The van der Waals surface area contributed by atoms with Crippen molar-refractivity contribution in [2.75, 3.05) is 37.0 Å². The Morgan fingerprint density at radius 2 is 1.95 bits per heavy atom. The Morgan fingerprint density at radius 3 is 2.76 bits per heavy atom. The summed E-state index contributed by atoms with van der Waals surface area (Å²) in [5.41, 5.74) is 4.60. The van der Waals surface area contributed by atoms with Crippen LogP contribution in [0.15, 0.2) is 60.2 Å². The quantitative estimate of drug-likeness (QED) is 0.287. The van der Waals surface area contributed by atoms with E-state index in [4.69, 9.17) is 4.74 Å². The fourth-order valence-corrected chi connectivity index (χ4v) is 6.77. The van der Waals surface area contributed by atoms with E-state index in [0.29, 0.717) is 23.9 Å². The van der Waals surface area contributed by atoms with Crippen LogP contribution in [0.25, 0.3) is 5.57 Å². The molecule has 2 aromatic rings. The molecule has 1 saturated heterocycles. The van der Waals surface area contributed by atoms with Crippen LogP contribution in [0.5, 0.6) is 5.75 Å². The summed E-state index contributed by atoms with van der Waals surface area (Å²) < 4.78 is 37.1. The number of ether oxygens (including phenoxy) is 1. The fourth-order valence-electron chi connectivity index (χ4n) is 6.77. The van der Waals surface area contributed by atoms with Gasteiger partial charge in [-0.15, -0.1) is 0 Å². The molecule has 220 valence electrons. The summed E-state index contributed by atoms with van der Waals surface area (Å²) in [7, 11) is 1.63. The Kier molecular flexibility index (Phi) is 9.76. The van der Waals surface area contributed by atoms with Crippen molar-refractivity contribution in [3.05, 3.63) is 77.4 Å². The number of pyridine rings is 1. The van der Waals surface area contributed by atoms with Crippen molar-refractivity contribution in [3.8, 4) is 5.75 Å². The molecule has 0 spiro atoms. The predicted octanol–water partition coefficient (Wildman–Crippen LogP) is 8.08. The van der Waals surface area contributed by atoms with Gasteiger partial charge in [-0.3, -0.25) is 4.98 Å². The van der Waals surface area contributed by atoms with Gasteiger partial charge in [-0.2, -0.15) is 0 Å². The van der Waals surface area contributed by atoms with E-state index in [1.165, 1.54) is 37.0 Å². The molecular weight excluding hydrogens is 518 g/mol. The molecule has 7 heteroatoms. The van der Waals surface area contributed by atoms with Crippen LogP contribution >= 0.6 is 0 Å². The highest BCUT2D eigenvalue weighted by atomic mass is 19.1. The van der Waals surface area contributed by atoms with Crippen molar-refractivity contribution in [1.29, 1.82) is 0 Å². The third kappa shape index (κ3) is 6.20. The van der Waals surface area contributed by atoms with Gasteiger partial charge in [-0.25, -0.2) is 8.78 Å². The topological polar surface area (TPSA) is 49.4 Å². The second-order valence-corrected chi connectivity index (χ2v) is 11.4. The number of hydrogen-bond donors (Lipinski definition) is 2. The van der Waals surface area contributed by atoms with Gasteiger partial charge in [0, 0.05) is 36.1 Å². The average Bonchev–Trinajstić information content (AvgIpc) is 3.35. The van der Waals surface area contributed by atoms with Crippen LogP contribution in [0, 0.1) is 29.4 Å². The van der Waals surface area contributed by atoms with E-state index in [1.54, 1.807) is 18.2 Å². The van der Waals surface area contributed by atoms with E-state index in [0.717, 1.165) is 62.0 Å². The lowest BCUT2D eigenvalue weighted by Crippen LogP contribution is -2.31. The molecule has 0 radical (unpaired) electrons. The summed E-state index contributed by atoms with van der Waals surface area (Å²) in [6.07, 6.45) is 18.5. The smallest absolute Gasteiger partial charge is 0.173 e. The van der Waals surface area contributed by atoms with E-state index >= 15 is 8.78 Å². The van der Waals surface area contributed by atoms with Gasteiger partial charge in [0.05, 0.1) is 19.0 Å². The maximum Gasteiger partial charge on any atom is 0.173 e. The molecule has 0 bridgehead atoms. The van der Waals surface area contributed by atoms with Gasteiger partial charge in [0.25, 0.3) is 0 Å². The Morgan fingerprint density at radius 1 is 1.07 bits per heavy atom. The van der Waals surface area contributed by atoms with Crippen molar-refractivity contribution in [1.82, 2.24) is 10.3 Å². The van der Waals surface area contributed by atoms with Crippen molar-refractivity contribution in [2.24, 2.45) is 17.8 Å². The zero-order chi connectivity index (χ0) is 28.8. The van der Waals surface area contributed by atoms with Crippen LogP contribution in [0.2, 0.25) is 0 Å². The highest BCUT2D eigenvalue weighted by Crippen LogP contribution is 2.52. The summed E-state index contributed by atoms with van der Waals surface area (Å²) in [5, 5.41) is 6.77. The molecule has 3 heterocycles. The molecule has 1 aromatic heterocycles. The minimum absolute atomic E-state index is 0.0329. The number of unbranched alkanes of at least 4 members (excludes halogenated alkanes) is 2. The van der Waals surface area contributed by atoms with Gasteiger partial charge < -0.3 is 20.3 Å². The van der Waals surface area contributed by atoms with Crippen LogP contribution in [0.1, 0.15) is 70.8 Å². The van der Waals surface area contributed by atoms with Crippen molar-refractivity contribution in [2.45, 2.75) is 65.2 Å². The Labute approximate surface area is 243 Å². The van der Waals surface area contributed by atoms with E-state index in [2.05, 4.69) is 41.6 Å². The van der Waals surface area contributed by atoms with Crippen LogP contribution in [-0.4, -0.2) is 31.7 Å². The number of methoxy groups -OCH3 is 1. The Hall–Kier alpha value is -3.19. The molecule has 1 aliphatic carbocycles. The van der Waals surface area contributed by atoms with Gasteiger partial charge in [-0.1, -0.05) is 44.8 Å². The first-order valence-electron chi connectivity index (χ1n) is 15.4. The highest BCUT2D eigenvalue weighted by molar-refractivity contribution is 5.83. The summed E-state index contributed by atoms with van der Waals surface area (Å²) in [4.78, 5) is 6.18. The molecule has 5 nitrogen and oxygen atoms in total. The van der Waals surface area contributed by atoms with Crippen LogP contribution in [-0.2, 0) is 0 Å². The van der Waals surface area contributed by atoms with Crippen molar-refractivity contribution in [3.63, 3.8) is 0 Å². The number of hydrogen-bond acceptors (Lipinski definition) is 5. The summed E-state index contributed by atoms with van der Waals surface area (Å²) in [6.45, 7) is 7.12. The molecule has 1 fully saturated rings. The van der Waals surface area contributed by atoms with Crippen LogP contribution < -0.4 is 20.3 Å². The lowest BCUT2D eigenvalue weighted by atomic mass is 9.69. The van der Waals surface area contributed by atoms with Gasteiger partial charge in [0.15, 0.2) is 5.82 Å². The first-order chi connectivity index (χ1) is 20.1. The van der Waals surface area contributed by atoms with Crippen molar-refractivity contribution >= 4 is 16.9 Å². The zero-order valence-corrected chi connectivity index (χ0v) is 24.7. The molecule has 2 aliphatic heterocycles. The number of nitrogens with one attached hydrogen (secondary N) is 2. The Bertz CT molecular complexity index is 1300. The molecular formula is C34H44F2N4O. The molecule has 3 aliphatic rings. The van der Waals surface area contributed by atoms with Gasteiger partial charge in [0.2, 0.25) is 0 Å². The van der Waals surface area contributed by atoms with Gasteiger partial charge in [-0.05, 0) is 86.9 Å². The average molecular weight is 563 g/mol. The predicted molar refractivity (Wildman–Crippen MR) is 164 cm³/mol. The standard InChI is InChI=1S/C34H44F2N4O/c1-4-6-8-17-39-30-13-12-29(35)34(33(30)36)40-22-28(24-19-25(41-3)21-38-20-24)32-26(5-2)27(11-14-31(32)40)23-10-7-9-16-37-18-15-23/h11-14,19-23,26,32,37,39H,4-10,15-18H2,1-3H3. The number of allylic oxidation sites excluding steroid dienone is 4.